The van der Waals surface area contributed by atoms with Crippen LogP contribution < -0.4 is 15.0 Å². The Kier molecular flexibility index (Phi) is 5.79. The van der Waals surface area contributed by atoms with E-state index in [1.54, 1.807) is 19.2 Å². The molecule has 0 aliphatic carbocycles. The molecule has 6 heteroatoms. The average molecular weight is 360 g/mol. The van der Waals surface area contributed by atoms with Crippen molar-refractivity contribution in [1.29, 1.82) is 0 Å². The Bertz CT molecular complexity index is 696. The Balaban J connectivity index is 1.46. The van der Waals surface area contributed by atoms with Crippen LogP contribution in [0.1, 0.15) is 0 Å². The van der Waals surface area contributed by atoms with Crippen LogP contribution in [0.5, 0.6) is 5.75 Å². The van der Waals surface area contributed by atoms with Gasteiger partial charge in [0.15, 0.2) is 0 Å². The summed E-state index contributed by atoms with van der Waals surface area (Å²) in [6.07, 6.45) is 0. The van der Waals surface area contributed by atoms with E-state index in [2.05, 4.69) is 27.2 Å². The Hall–Kier alpha value is -2.24. The number of nitrogens with zero attached hydrogens (tertiary/aromatic N) is 2. The minimum atomic E-state index is 0.000204. The van der Waals surface area contributed by atoms with E-state index in [-0.39, 0.29) is 5.91 Å². The average Bonchev–Trinajstić information content (AvgIpc) is 2.64. The zero-order valence-corrected chi connectivity index (χ0v) is 15.0. The number of anilines is 2. The maximum Gasteiger partial charge on any atom is 0.238 e. The number of ether oxygens (including phenoxy) is 1. The fraction of sp³-hybridized carbons (Fsp3) is 0.316. The molecule has 1 aliphatic heterocycles. The van der Waals surface area contributed by atoms with Crippen LogP contribution in [0.25, 0.3) is 0 Å². The summed E-state index contributed by atoms with van der Waals surface area (Å²) >= 11 is 5.85. The van der Waals surface area contributed by atoms with Crippen molar-refractivity contribution in [3.05, 3.63) is 53.6 Å². The molecule has 5 nitrogen and oxygen atoms in total. The lowest BCUT2D eigenvalue weighted by Gasteiger charge is -2.35. The van der Waals surface area contributed by atoms with Gasteiger partial charge in [-0.1, -0.05) is 11.6 Å². The van der Waals surface area contributed by atoms with Gasteiger partial charge in [0.25, 0.3) is 0 Å². The molecule has 1 N–H and O–H groups in total. The normalized spacial score (nSPS) is 15.0. The van der Waals surface area contributed by atoms with Crippen molar-refractivity contribution in [2.45, 2.75) is 0 Å². The van der Waals surface area contributed by atoms with E-state index in [9.17, 15) is 4.79 Å². The summed E-state index contributed by atoms with van der Waals surface area (Å²) in [6, 6.07) is 15.2. The van der Waals surface area contributed by atoms with Gasteiger partial charge in [0.2, 0.25) is 5.91 Å². The van der Waals surface area contributed by atoms with Crippen LogP contribution in [0, 0.1) is 0 Å². The summed E-state index contributed by atoms with van der Waals surface area (Å²) in [6.45, 7) is 3.93. The van der Waals surface area contributed by atoms with Crippen molar-refractivity contribution < 1.29 is 9.53 Å². The number of halogens is 1. The molecule has 3 rings (SSSR count). The second-order valence-corrected chi connectivity index (χ2v) is 6.45. The summed E-state index contributed by atoms with van der Waals surface area (Å²) in [4.78, 5) is 16.7. The van der Waals surface area contributed by atoms with Crippen molar-refractivity contribution in [2.75, 3.05) is 50.1 Å². The summed E-state index contributed by atoms with van der Waals surface area (Å²) in [5, 5.41) is 3.57. The predicted molar refractivity (Wildman–Crippen MR) is 102 cm³/mol. The van der Waals surface area contributed by atoms with Crippen LogP contribution >= 0.6 is 11.6 Å². The van der Waals surface area contributed by atoms with E-state index in [1.165, 1.54) is 5.69 Å². The zero-order chi connectivity index (χ0) is 17.6. The van der Waals surface area contributed by atoms with Gasteiger partial charge in [-0.15, -0.1) is 0 Å². The first kappa shape index (κ1) is 17.6. The van der Waals surface area contributed by atoms with E-state index >= 15 is 0 Å². The number of nitrogens with one attached hydrogen (secondary N) is 1. The van der Waals surface area contributed by atoms with Gasteiger partial charge < -0.3 is 15.0 Å². The molecule has 1 heterocycles. The van der Waals surface area contributed by atoms with E-state index in [4.69, 9.17) is 16.3 Å². The highest BCUT2D eigenvalue weighted by atomic mass is 35.5. The SMILES string of the molecule is COc1ccc(N2CCN(CC(=O)Nc3ccc(Cl)cc3)CC2)cc1. The number of piperazine rings is 1. The molecular weight excluding hydrogens is 338 g/mol. The Labute approximate surface area is 153 Å². The number of rotatable bonds is 5. The van der Waals surface area contributed by atoms with Crippen molar-refractivity contribution >= 4 is 28.9 Å². The molecule has 1 amide bonds. The summed E-state index contributed by atoms with van der Waals surface area (Å²) in [5.41, 5.74) is 1.96. The van der Waals surface area contributed by atoms with Crippen molar-refractivity contribution in [3.8, 4) is 5.75 Å². The third kappa shape index (κ3) is 4.87. The lowest BCUT2D eigenvalue weighted by Crippen LogP contribution is -2.48. The maximum absolute atomic E-state index is 12.2. The minimum absolute atomic E-state index is 0.000204. The third-order valence-corrected chi connectivity index (χ3v) is 4.56. The molecule has 0 unspecified atom stereocenters. The molecule has 0 saturated carbocycles. The van der Waals surface area contributed by atoms with Gasteiger partial charge in [-0.25, -0.2) is 0 Å². The number of hydrogen-bond donors (Lipinski definition) is 1. The molecule has 1 aliphatic rings. The number of carbonyl (C=O) groups excluding carboxylic acids is 1. The van der Waals surface area contributed by atoms with Crippen LogP contribution in [-0.4, -0.2) is 50.6 Å². The van der Waals surface area contributed by atoms with Crippen molar-refractivity contribution in [3.63, 3.8) is 0 Å². The van der Waals surface area contributed by atoms with Gasteiger partial charge in [-0.3, -0.25) is 9.69 Å². The highest BCUT2D eigenvalue weighted by molar-refractivity contribution is 6.30. The lowest BCUT2D eigenvalue weighted by molar-refractivity contribution is -0.117. The number of amides is 1. The van der Waals surface area contributed by atoms with Gasteiger partial charge >= 0.3 is 0 Å². The number of carbonyl (C=O) groups is 1. The molecule has 0 radical (unpaired) electrons. The molecular formula is C19H22ClN3O2. The molecule has 132 valence electrons. The largest absolute Gasteiger partial charge is 0.497 e. The van der Waals surface area contributed by atoms with Crippen molar-refractivity contribution in [1.82, 2.24) is 4.90 Å². The highest BCUT2D eigenvalue weighted by Crippen LogP contribution is 2.20. The smallest absolute Gasteiger partial charge is 0.238 e. The Morgan fingerprint density at radius 1 is 1.04 bits per heavy atom. The van der Waals surface area contributed by atoms with Crippen molar-refractivity contribution in [2.24, 2.45) is 0 Å². The molecule has 1 fully saturated rings. The highest BCUT2D eigenvalue weighted by Gasteiger charge is 2.19. The first-order valence-corrected chi connectivity index (χ1v) is 8.68. The Morgan fingerprint density at radius 2 is 1.68 bits per heavy atom. The number of benzene rings is 2. The standard InChI is InChI=1S/C19H22ClN3O2/c1-25-18-8-6-17(7-9-18)23-12-10-22(11-13-23)14-19(24)21-16-4-2-15(20)3-5-16/h2-9H,10-14H2,1H3,(H,21,24). The second kappa shape index (κ2) is 8.23. The third-order valence-electron chi connectivity index (χ3n) is 4.31. The van der Waals surface area contributed by atoms with E-state index in [0.29, 0.717) is 11.6 Å². The summed E-state index contributed by atoms with van der Waals surface area (Å²) < 4.78 is 5.19. The second-order valence-electron chi connectivity index (χ2n) is 6.02. The molecule has 0 spiro atoms. The van der Waals surface area contributed by atoms with E-state index in [1.807, 2.05) is 24.3 Å². The van der Waals surface area contributed by atoms with E-state index in [0.717, 1.165) is 37.6 Å². The maximum atomic E-state index is 12.2. The quantitative estimate of drug-likeness (QED) is 0.891. The summed E-state index contributed by atoms with van der Waals surface area (Å²) in [5.74, 6) is 0.862. The fourth-order valence-corrected chi connectivity index (χ4v) is 3.02. The van der Waals surface area contributed by atoms with E-state index < -0.39 is 0 Å². The molecule has 2 aromatic rings. The first-order chi connectivity index (χ1) is 12.1. The number of methoxy groups -OCH3 is 1. The lowest BCUT2D eigenvalue weighted by atomic mass is 10.2. The van der Waals surface area contributed by atoms with Crippen LogP contribution in [0.2, 0.25) is 5.02 Å². The predicted octanol–water partition coefficient (Wildman–Crippen LogP) is 3.11. The van der Waals surface area contributed by atoms with Crippen LogP contribution in [0.4, 0.5) is 11.4 Å². The number of hydrogen-bond acceptors (Lipinski definition) is 4. The summed E-state index contributed by atoms with van der Waals surface area (Å²) in [7, 11) is 1.67. The minimum Gasteiger partial charge on any atom is -0.497 e. The molecule has 2 aromatic carbocycles. The molecule has 1 saturated heterocycles. The topological polar surface area (TPSA) is 44.8 Å². The van der Waals surface area contributed by atoms with Gasteiger partial charge in [0.05, 0.1) is 13.7 Å². The molecule has 0 bridgehead atoms. The van der Waals surface area contributed by atoms with Gasteiger partial charge in [0.1, 0.15) is 5.75 Å². The monoisotopic (exact) mass is 359 g/mol. The van der Waals surface area contributed by atoms with Crippen LogP contribution in [0.15, 0.2) is 48.5 Å². The van der Waals surface area contributed by atoms with Gasteiger partial charge in [-0.05, 0) is 48.5 Å². The zero-order valence-electron chi connectivity index (χ0n) is 14.2. The molecule has 25 heavy (non-hydrogen) atoms. The van der Waals surface area contributed by atoms with Gasteiger partial charge in [-0.2, -0.15) is 0 Å². The van der Waals surface area contributed by atoms with Gasteiger partial charge in [0, 0.05) is 42.6 Å². The molecule has 0 aromatic heterocycles. The van der Waals surface area contributed by atoms with Crippen LogP contribution in [-0.2, 0) is 4.79 Å². The fourth-order valence-electron chi connectivity index (χ4n) is 2.89. The molecule has 0 atom stereocenters. The first-order valence-electron chi connectivity index (χ1n) is 8.31. The van der Waals surface area contributed by atoms with Crippen LogP contribution in [0.3, 0.4) is 0 Å². The Morgan fingerprint density at radius 3 is 2.28 bits per heavy atom.